The Bertz CT molecular complexity index is 1560. The Labute approximate surface area is 235 Å². The highest BCUT2D eigenvalue weighted by Crippen LogP contribution is 2.46. The zero-order chi connectivity index (χ0) is 29.7. The Kier molecular flexibility index (Phi) is 8.79. The fourth-order valence-electron chi connectivity index (χ4n) is 4.35. The van der Waals surface area contributed by atoms with Crippen molar-refractivity contribution in [2.24, 2.45) is 5.41 Å². The van der Waals surface area contributed by atoms with Gasteiger partial charge in [-0.25, -0.2) is 17.9 Å². The molecule has 0 heterocycles. The summed E-state index contributed by atoms with van der Waals surface area (Å²) in [5.74, 6) is -2.62. The molecule has 2 N–H and O–H groups in total. The van der Waals surface area contributed by atoms with Gasteiger partial charge in [0.1, 0.15) is 6.04 Å². The van der Waals surface area contributed by atoms with Crippen LogP contribution in [0, 0.1) is 5.41 Å². The van der Waals surface area contributed by atoms with Gasteiger partial charge in [0.05, 0.1) is 12.0 Å². The lowest BCUT2D eigenvalue weighted by Crippen LogP contribution is -2.56. The number of hydrogen-bond donors (Lipinski definition) is 2. The maximum absolute atomic E-state index is 14.3. The molecule has 3 aromatic rings. The molecule has 1 aliphatic carbocycles. The van der Waals surface area contributed by atoms with Crippen molar-refractivity contribution in [1.82, 2.24) is 10.0 Å². The van der Waals surface area contributed by atoms with Gasteiger partial charge in [0.2, 0.25) is 15.9 Å². The molecular formula is C30H27F3N2O5S. The molecule has 2 unspecified atom stereocenters. The number of carbonyl (C=O) groups is 2. The minimum atomic E-state index is -5.01. The van der Waals surface area contributed by atoms with Gasteiger partial charge in [-0.2, -0.15) is 13.2 Å². The second-order valence-electron chi connectivity index (χ2n) is 9.32. The molecule has 7 nitrogen and oxygen atoms in total. The van der Waals surface area contributed by atoms with Gasteiger partial charge in [0.25, 0.3) is 0 Å². The van der Waals surface area contributed by atoms with Gasteiger partial charge in [-0.3, -0.25) is 4.79 Å². The first kappa shape index (κ1) is 29.8. The Morgan fingerprint density at radius 1 is 0.902 bits per heavy atom. The van der Waals surface area contributed by atoms with Gasteiger partial charge in [-0.1, -0.05) is 91.0 Å². The second kappa shape index (κ2) is 12.1. The van der Waals surface area contributed by atoms with Gasteiger partial charge in [0.15, 0.2) is 5.41 Å². The number of nitrogens with one attached hydrogen (secondary N) is 2. The number of alkyl halides is 3. The van der Waals surface area contributed by atoms with E-state index in [1.54, 1.807) is 42.5 Å². The standard InChI is InChI=1S/C30H27F3N2O5S/c1-40-27(36)26(20-34-41(38,39)25-14-12-23(13-15-25)21-8-4-2-5-9-21)35-28(37)29(30(31,32)33)18-16-24(17-19-29)22-10-6-3-7-11-22/h2-18,26,34H,19-20H2,1H3,(H,35,37). The van der Waals surface area contributed by atoms with Crippen LogP contribution in [-0.4, -0.2) is 46.2 Å². The lowest BCUT2D eigenvalue weighted by atomic mass is 9.77. The van der Waals surface area contributed by atoms with Gasteiger partial charge < -0.3 is 10.1 Å². The highest BCUT2D eigenvalue weighted by Gasteiger charge is 2.59. The van der Waals surface area contributed by atoms with Crippen molar-refractivity contribution in [1.29, 1.82) is 0 Å². The molecular weight excluding hydrogens is 557 g/mol. The van der Waals surface area contributed by atoms with E-state index >= 15 is 0 Å². The number of ether oxygens (including phenoxy) is 1. The molecule has 0 fully saturated rings. The first-order valence-corrected chi connectivity index (χ1v) is 14.0. The molecule has 4 rings (SSSR count). The zero-order valence-electron chi connectivity index (χ0n) is 21.9. The van der Waals surface area contributed by atoms with Crippen molar-refractivity contribution in [3.05, 3.63) is 109 Å². The molecule has 2 atom stereocenters. The highest BCUT2D eigenvalue weighted by atomic mass is 32.2. The second-order valence-corrected chi connectivity index (χ2v) is 11.1. The van der Waals surface area contributed by atoms with Crippen LogP contribution in [0.25, 0.3) is 16.7 Å². The molecule has 214 valence electrons. The van der Waals surface area contributed by atoms with E-state index in [0.717, 1.165) is 24.3 Å². The molecule has 1 amide bonds. The quantitative estimate of drug-likeness (QED) is 0.349. The molecule has 0 aromatic heterocycles. The van der Waals surface area contributed by atoms with E-state index in [1.165, 1.54) is 24.3 Å². The van der Waals surface area contributed by atoms with Gasteiger partial charge in [0, 0.05) is 6.54 Å². The third-order valence-electron chi connectivity index (χ3n) is 6.75. The lowest BCUT2D eigenvalue weighted by molar-refractivity contribution is -0.207. The predicted molar refractivity (Wildman–Crippen MR) is 148 cm³/mol. The number of rotatable bonds is 9. The number of benzene rings is 3. The van der Waals surface area contributed by atoms with Crippen LogP contribution in [0.3, 0.4) is 0 Å². The maximum atomic E-state index is 14.3. The van der Waals surface area contributed by atoms with E-state index in [0.29, 0.717) is 11.1 Å². The number of carbonyl (C=O) groups excluding carboxylic acids is 2. The van der Waals surface area contributed by atoms with Crippen molar-refractivity contribution >= 4 is 27.5 Å². The molecule has 1 aliphatic rings. The van der Waals surface area contributed by atoms with E-state index in [-0.39, 0.29) is 4.90 Å². The average Bonchev–Trinajstić information content (AvgIpc) is 2.99. The largest absolute Gasteiger partial charge is 0.467 e. The number of amides is 1. The molecule has 3 aromatic carbocycles. The third-order valence-corrected chi connectivity index (χ3v) is 8.19. The fourth-order valence-corrected chi connectivity index (χ4v) is 5.39. The molecule has 0 spiro atoms. The summed E-state index contributed by atoms with van der Waals surface area (Å²) in [4.78, 5) is 25.4. The predicted octanol–water partition coefficient (Wildman–Crippen LogP) is 4.88. The summed E-state index contributed by atoms with van der Waals surface area (Å²) in [5.41, 5.74) is -0.137. The zero-order valence-corrected chi connectivity index (χ0v) is 22.7. The number of esters is 1. The minimum Gasteiger partial charge on any atom is -0.467 e. The Morgan fingerprint density at radius 3 is 1.98 bits per heavy atom. The average molecular weight is 585 g/mol. The maximum Gasteiger partial charge on any atom is 0.406 e. The normalized spacial score (nSPS) is 17.8. The Balaban J connectivity index is 1.50. The van der Waals surface area contributed by atoms with Gasteiger partial charge in [-0.05, 0) is 40.8 Å². The molecule has 0 saturated carbocycles. The Hall–Kier alpha value is -4.22. The van der Waals surface area contributed by atoms with E-state index < -0.39 is 52.5 Å². The van der Waals surface area contributed by atoms with Crippen LogP contribution in [0.1, 0.15) is 12.0 Å². The number of sulfonamides is 1. The highest BCUT2D eigenvalue weighted by molar-refractivity contribution is 7.89. The van der Waals surface area contributed by atoms with E-state index in [4.69, 9.17) is 0 Å². The van der Waals surface area contributed by atoms with Crippen LogP contribution < -0.4 is 10.0 Å². The summed E-state index contributed by atoms with van der Waals surface area (Å²) in [6.45, 7) is -0.732. The number of hydrogen-bond acceptors (Lipinski definition) is 5. The van der Waals surface area contributed by atoms with Gasteiger partial charge >= 0.3 is 12.1 Å². The first-order chi connectivity index (χ1) is 19.5. The van der Waals surface area contributed by atoms with E-state index in [1.807, 2.05) is 30.3 Å². The summed E-state index contributed by atoms with van der Waals surface area (Å²) in [5, 5.41) is 2.05. The Morgan fingerprint density at radius 2 is 1.46 bits per heavy atom. The molecule has 41 heavy (non-hydrogen) atoms. The minimum absolute atomic E-state index is 0.132. The van der Waals surface area contributed by atoms with Crippen LogP contribution in [-0.2, 0) is 24.3 Å². The molecule has 0 aliphatic heterocycles. The van der Waals surface area contributed by atoms with Crippen molar-refractivity contribution in [2.45, 2.75) is 23.5 Å². The summed E-state index contributed by atoms with van der Waals surface area (Å²) in [7, 11) is -3.21. The third kappa shape index (κ3) is 6.58. The molecule has 0 bridgehead atoms. The first-order valence-electron chi connectivity index (χ1n) is 12.5. The van der Waals surface area contributed by atoms with Crippen LogP contribution >= 0.6 is 0 Å². The monoisotopic (exact) mass is 584 g/mol. The van der Waals surface area contributed by atoms with Crippen molar-refractivity contribution in [3.63, 3.8) is 0 Å². The van der Waals surface area contributed by atoms with Crippen molar-refractivity contribution in [2.75, 3.05) is 13.7 Å². The molecule has 0 radical (unpaired) electrons. The number of halogens is 3. The lowest BCUT2D eigenvalue weighted by Gasteiger charge is -2.34. The number of allylic oxidation sites excluding steroid dienone is 3. The number of methoxy groups -OCH3 is 1. The molecule has 11 heteroatoms. The van der Waals surface area contributed by atoms with Crippen LogP contribution in [0.4, 0.5) is 13.2 Å². The van der Waals surface area contributed by atoms with E-state index in [9.17, 15) is 31.2 Å². The fraction of sp³-hybridized carbons (Fsp3) is 0.200. The van der Waals surface area contributed by atoms with E-state index in [2.05, 4.69) is 14.8 Å². The molecule has 0 saturated heterocycles. The summed E-state index contributed by atoms with van der Waals surface area (Å²) in [6.07, 6.45) is -2.45. The summed E-state index contributed by atoms with van der Waals surface area (Å²) >= 11 is 0. The van der Waals surface area contributed by atoms with Crippen LogP contribution in [0.2, 0.25) is 0 Å². The summed E-state index contributed by atoms with van der Waals surface area (Å²) in [6, 6.07) is 22.1. The van der Waals surface area contributed by atoms with Crippen molar-refractivity contribution in [3.8, 4) is 11.1 Å². The van der Waals surface area contributed by atoms with Crippen LogP contribution in [0.5, 0.6) is 0 Å². The van der Waals surface area contributed by atoms with Gasteiger partial charge in [-0.15, -0.1) is 0 Å². The smallest absolute Gasteiger partial charge is 0.406 e. The van der Waals surface area contributed by atoms with Crippen LogP contribution in [0.15, 0.2) is 108 Å². The topological polar surface area (TPSA) is 102 Å². The summed E-state index contributed by atoms with van der Waals surface area (Å²) < 4.78 is 75.5. The van der Waals surface area contributed by atoms with Crippen molar-refractivity contribution < 1.29 is 35.9 Å². The SMILES string of the molecule is COC(=O)C(CNS(=O)(=O)c1ccc(-c2ccccc2)cc1)NC(=O)C1(C(F)(F)F)C=CC(c2ccccc2)=CC1.